The number of hydrogen-bond acceptors (Lipinski definition) is 3. The Hall–Kier alpha value is -1.10. The van der Waals surface area contributed by atoms with Gasteiger partial charge in [-0.15, -0.1) is 0 Å². The lowest BCUT2D eigenvalue weighted by molar-refractivity contribution is -0.138. The SMILES string of the molecule is FC(F)OCc1cccnn1. The summed E-state index contributed by atoms with van der Waals surface area (Å²) in [5.41, 5.74) is 0.396. The second-order valence-corrected chi connectivity index (χ2v) is 1.79. The first-order valence-electron chi connectivity index (χ1n) is 2.95. The molecule has 0 aliphatic carbocycles. The molecule has 3 nitrogen and oxygen atoms in total. The van der Waals surface area contributed by atoms with Crippen molar-refractivity contribution in [3.63, 3.8) is 0 Å². The van der Waals surface area contributed by atoms with Crippen LogP contribution in [-0.2, 0) is 11.3 Å². The molecule has 0 fully saturated rings. The van der Waals surface area contributed by atoms with Gasteiger partial charge in [0.1, 0.15) is 0 Å². The average Bonchev–Trinajstić information content (AvgIpc) is 2.03. The monoisotopic (exact) mass is 160 g/mol. The molecule has 0 aromatic carbocycles. The van der Waals surface area contributed by atoms with E-state index in [2.05, 4.69) is 14.9 Å². The zero-order valence-corrected chi connectivity index (χ0v) is 5.58. The molecule has 1 rings (SSSR count). The minimum atomic E-state index is -2.75. The third-order valence-corrected chi connectivity index (χ3v) is 0.985. The van der Waals surface area contributed by atoms with E-state index >= 15 is 0 Å². The zero-order valence-electron chi connectivity index (χ0n) is 5.58. The second-order valence-electron chi connectivity index (χ2n) is 1.79. The van der Waals surface area contributed by atoms with Crippen LogP contribution in [0.1, 0.15) is 5.69 Å². The lowest BCUT2D eigenvalue weighted by Crippen LogP contribution is -2.01. The molecule has 60 valence electrons. The van der Waals surface area contributed by atoms with Crippen molar-refractivity contribution in [3.8, 4) is 0 Å². The fourth-order valence-corrected chi connectivity index (χ4v) is 0.559. The Morgan fingerprint density at radius 2 is 2.36 bits per heavy atom. The van der Waals surface area contributed by atoms with Crippen LogP contribution in [-0.4, -0.2) is 16.8 Å². The first kappa shape index (κ1) is 8.00. The molecule has 1 heterocycles. The van der Waals surface area contributed by atoms with E-state index in [1.165, 1.54) is 6.20 Å². The number of halogens is 2. The molecule has 0 spiro atoms. The normalized spacial score (nSPS) is 10.5. The van der Waals surface area contributed by atoms with Gasteiger partial charge >= 0.3 is 6.61 Å². The molecule has 0 unspecified atom stereocenters. The molecule has 0 atom stereocenters. The summed E-state index contributed by atoms with van der Waals surface area (Å²) >= 11 is 0. The van der Waals surface area contributed by atoms with E-state index < -0.39 is 6.61 Å². The van der Waals surface area contributed by atoms with Crippen molar-refractivity contribution in [2.45, 2.75) is 13.2 Å². The molecule has 0 saturated heterocycles. The fraction of sp³-hybridized carbons (Fsp3) is 0.333. The molecule has 0 N–H and O–H groups in total. The van der Waals surface area contributed by atoms with Crippen LogP contribution in [0, 0.1) is 0 Å². The first-order valence-corrected chi connectivity index (χ1v) is 2.95. The van der Waals surface area contributed by atoms with Crippen molar-refractivity contribution in [1.29, 1.82) is 0 Å². The Bertz CT molecular complexity index is 205. The lowest BCUT2D eigenvalue weighted by Gasteiger charge is -1.99. The van der Waals surface area contributed by atoms with Gasteiger partial charge in [-0.2, -0.15) is 19.0 Å². The van der Waals surface area contributed by atoms with E-state index in [-0.39, 0.29) is 6.61 Å². The van der Waals surface area contributed by atoms with Gasteiger partial charge in [0.25, 0.3) is 0 Å². The molecule has 0 radical (unpaired) electrons. The fourth-order valence-electron chi connectivity index (χ4n) is 0.559. The minimum absolute atomic E-state index is 0.203. The number of nitrogens with zero attached hydrogens (tertiary/aromatic N) is 2. The van der Waals surface area contributed by atoms with Gasteiger partial charge in [-0.05, 0) is 12.1 Å². The van der Waals surface area contributed by atoms with Crippen LogP contribution in [0.15, 0.2) is 18.3 Å². The van der Waals surface area contributed by atoms with Crippen molar-refractivity contribution in [2.24, 2.45) is 0 Å². The standard InChI is InChI=1S/C6H6F2N2O/c7-6(8)11-4-5-2-1-3-9-10-5/h1-3,6H,4H2. The van der Waals surface area contributed by atoms with Gasteiger partial charge in [0, 0.05) is 6.20 Å². The topological polar surface area (TPSA) is 35.0 Å². The molecule has 0 aliphatic heterocycles. The third-order valence-electron chi connectivity index (χ3n) is 0.985. The molecule has 5 heteroatoms. The molecule has 0 saturated carbocycles. The lowest BCUT2D eigenvalue weighted by atomic mass is 10.4. The van der Waals surface area contributed by atoms with Crippen molar-refractivity contribution in [2.75, 3.05) is 0 Å². The smallest absolute Gasteiger partial charge is 0.316 e. The van der Waals surface area contributed by atoms with Crippen molar-refractivity contribution in [3.05, 3.63) is 24.0 Å². The van der Waals surface area contributed by atoms with Gasteiger partial charge in [0.2, 0.25) is 0 Å². The summed E-state index contributed by atoms with van der Waals surface area (Å²) in [4.78, 5) is 0. The van der Waals surface area contributed by atoms with Gasteiger partial charge in [0.15, 0.2) is 0 Å². The Kier molecular flexibility index (Phi) is 2.85. The highest BCUT2D eigenvalue weighted by atomic mass is 19.3. The molecule has 1 aromatic rings. The number of ether oxygens (including phenoxy) is 1. The van der Waals surface area contributed by atoms with Crippen LogP contribution in [0.4, 0.5) is 8.78 Å². The van der Waals surface area contributed by atoms with Crippen LogP contribution in [0.2, 0.25) is 0 Å². The summed E-state index contributed by atoms with van der Waals surface area (Å²) in [6.45, 7) is -2.96. The Morgan fingerprint density at radius 1 is 1.55 bits per heavy atom. The highest BCUT2D eigenvalue weighted by molar-refractivity contribution is 4.96. The van der Waals surface area contributed by atoms with E-state index in [4.69, 9.17) is 0 Å². The summed E-state index contributed by atoms with van der Waals surface area (Å²) in [6.07, 6.45) is 1.46. The molecule has 0 amide bonds. The van der Waals surface area contributed by atoms with Crippen molar-refractivity contribution in [1.82, 2.24) is 10.2 Å². The molecule has 0 bridgehead atoms. The Morgan fingerprint density at radius 3 is 2.91 bits per heavy atom. The highest BCUT2D eigenvalue weighted by Crippen LogP contribution is 2.00. The number of rotatable bonds is 3. The zero-order chi connectivity index (χ0) is 8.10. The van der Waals surface area contributed by atoms with Crippen LogP contribution in [0.3, 0.4) is 0 Å². The number of hydrogen-bond donors (Lipinski definition) is 0. The Labute approximate surface area is 62.0 Å². The van der Waals surface area contributed by atoms with E-state index in [0.29, 0.717) is 5.69 Å². The highest BCUT2D eigenvalue weighted by Gasteiger charge is 2.01. The van der Waals surface area contributed by atoms with Crippen LogP contribution >= 0.6 is 0 Å². The maximum atomic E-state index is 11.5. The summed E-state index contributed by atoms with van der Waals surface area (Å²) in [5.74, 6) is 0. The van der Waals surface area contributed by atoms with Gasteiger partial charge in [-0.25, -0.2) is 0 Å². The van der Waals surface area contributed by atoms with E-state index in [0.717, 1.165) is 0 Å². The molecule has 1 aromatic heterocycles. The van der Waals surface area contributed by atoms with Gasteiger partial charge in [-0.1, -0.05) is 0 Å². The Balaban J connectivity index is 2.39. The minimum Gasteiger partial charge on any atom is -0.316 e. The molecule has 11 heavy (non-hydrogen) atoms. The first-order chi connectivity index (χ1) is 5.29. The number of alkyl halides is 2. The van der Waals surface area contributed by atoms with E-state index in [1.54, 1.807) is 12.1 Å². The number of aromatic nitrogens is 2. The summed E-state index contributed by atoms with van der Waals surface area (Å²) in [6, 6.07) is 3.17. The van der Waals surface area contributed by atoms with Crippen LogP contribution < -0.4 is 0 Å². The van der Waals surface area contributed by atoms with Gasteiger partial charge in [-0.3, -0.25) is 0 Å². The van der Waals surface area contributed by atoms with Crippen LogP contribution in [0.5, 0.6) is 0 Å². The summed E-state index contributed by atoms with van der Waals surface area (Å²) in [7, 11) is 0. The van der Waals surface area contributed by atoms with Crippen molar-refractivity contribution >= 4 is 0 Å². The maximum absolute atomic E-state index is 11.5. The summed E-state index contributed by atoms with van der Waals surface area (Å²) < 4.78 is 26.9. The predicted molar refractivity (Wildman–Crippen MR) is 32.8 cm³/mol. The second kappa shape index (κ2) is 3.92. The van der Waals surface area contributed by atoms with E-state index in [9.17, 15) is 8.78 Å². The quantitative estimate of drug-likeness (QED) is 0.666. The summed E-state index contributed by atoms with van der Waals surface area (Å²) in [5, 5.41) is 7.03. The molecular weight excluding hydrogens is 154 g/mol. The van der Waals surface area contributed by atoms with Crippen LogP contribution in [0.25, 0.3) is 0 Å². The molecular formula is C6H6F2N2O. The van der Waals surface area contributed by atoms with Gasteiger partial charge in [0.05, 0.1) is 12.3 Å². The van der Waals surface area contributed by atoms with Crippen molar-refractivity contribution < 1.29 is 13.5 Å². The predicted octanol–water partition coefficient (Wildman–Crippen LogP) is 1.22. The molecule has 0 aliphatic rings. The third kappa shape index (κ3) is 2.99. The average molecular weight is 160 g/mol. The maximum Gasteiger partial charge on any atom is 0.345 e. The van der Waals surface area contributed by atoms with E-state index in [1.807, 2.05) is 0 Å². The largest absolute Gasteiger partial charge is 0.345 e. The van der Waals surface area contributed by atoms with Gasteiger partial charge < -0.3 is 4.74 Å².